The van der Waals surface area contributed by atoms with E-state index in [0.29, 0.717) is 11.7 Å². The summed E-state index contributed by atoms with van der Waals surface area (Å²) in [6.07, 6.45) is 3.43. The van der Waals surface area contributed by atoms with E-state index in [1.165, 1.54) is 6.07 Å². The lowest BCUT2D eigenvalue weighted by molar-refractivity contribution is -0.0391. The zero-order valence-electron chi connectivity index (χ0n) is 8.46. The van der Waals surface area contributed by atoms with Crippen molar-refractivity contribution < 1.29 is 9.13 Å². The molecule has 2 atom stereocenters. The molecular formula is C12H14FIO. The second-order valence-electron chi connectivity index (χ2n) is 3.85. The van der Waals surface area contributed by atoms with Crippen LogP contribution in [0.2, 0.25) is 0 Å². The summed E-state index contributed by atoms with van der Waals surface area (Å²) in [7, 11) is 0. The third-order valence-electron chi connectivity index (χ3n) is 2.77. The molecule has 2 unspecified atom stereocenters. The Morgan fingerprint density at radius 2 is 2.13 bits per heavy atom. The fraction of sp³-hybridized carbons (Fsp3) is 0.500. The van der Waals surface area contributed by atoms with Gasteiger partial charge in [0.15, 0.2) is 0 Å². The van der Waals surface area contributed by atoms with Gasteiger partial charge in [0.25, 0.3) is 0 Å². The van der Waals surface area contributed by atoms with Gasteiger partial charge < -0.3 is 4.74 Å². The Hall–Kier alpha value is -0.160. The van der Waals surface area contributed by atoms with Crippen molar-refractivity contribution in [3.05, 3.63) is 35.6 Å². The summed E-state index contributed by atoms with van der Waals surface area (Å²) in [6, 6.07) is 6.93. The first-order chi connectivity index (χ1) is 7.31. The van der Waals surface area contributed by atoms with Gasteiger partial charge in [-0.1, -0.05) is 40.8 Å². The molecule has 1 aromatic carbocycles. The highest BCUT2D eigenvalue weighted by molar-refractivity contribution is 14.1. The Morgan fingerprint density at radius 3 is 2.87 bits per heavy atom. The van der Waals surface area contributed by atoms with Gasteiger partial charge in [-0.3, -0.25) is 0 Å². The van der Waals surface area contributed by atoms with Gasteiger partial charge in [0.05, 0.1) is 12.2 Å². The second kappa shape index (κ2) is 5.25. The Kier molecular flexibility index (Phi) is 3.97. The number of hydrogen-bond donors (Lipinski definition) is 0. The van der Waals surface area contributed by atoms with Crippen LogP contribution in [0.3, 0.4) is 0 Å². The van der Waals surface area contributed by atoms with Gasteiger partial charge >= 0.3 is 0 Å². The molecule has 0 N–H and O–H groups in total. The molecular weight excluding hydrogens is 306 g/mol. The zero-order chi connectivity index (χ0) is 10.7. The number of alkyl halides is 1. The summed E-state index contributed by atoms with van der Waals surface area (Å²) in [5, 5.41) is 0. The van der Waals surface area contributed by atoms with Gasteiger partial charge in [-0.2, -0.15) is 0 Å². The molecule has 82 valence electrons. The summed E-state index contributed by atoms with van der Waals surface area (Å²) in [6.45, 7) is 0. The van der Waals surface area contributed by atoms with Crippen molar-refractivity contribution in [3.8, 4) is 0 Å². The van der Waals surface area contributed by atoms with Crippen LogP contribution in [0.4, 0.5) is 4.39 Å². The maximum Gasteiger partial charge on any atom is 0.129 e. The van der Waals surface area contributed by atoms with Crippen molar-refractivity contribution in [1.82, 2.24) is 0 Å². The molecule has 0 radical (unpaired) electrons. The van der Waals surface area contributed by atoms with Gasteiger partial charge in [-0.05, 0) is 25.3 Å². The number of hydrogen-bond acceptors (Lipinski definition) is 1. The van der Waals surface area contributed by atoms with E-state index < -0.39 is 0 Å². The zero-order valence-corrected chi connectivity index (χ0v) is 10.6. The van der Waals surface area contributed by atoms with Crippen molar-refractivity contribution in [3.63, 3.8) is 0 Å². The molecule has 1 aromatic rings. The first-order valence-electron chi connectivity index (χ1n) is 5.27. The largest absolute Gasteiger partial charge is 0.369 e. The molecule has 0 amide bonds. The number of halogens is 2. The van der Waals surface area contributed by atoms with Gasteiger partial charge in [0.1, 0.15) is 5.82 Å². The van der Waals surface area contributed by atoms with E-state index in [2.05, 4.69) is 22.6 Å². The normalized spacial score (nSPS) is 26.5. The maximum absolute atomic E-state index is 13.5. The SMILES string of the molecule is Fc1ccccc1C1CCCC(CI)O1. The monoisotopic (exact) mass is 320 g/mol. The van der Waals surface area contributed by atoms with Crippen LogP contribution in [-0.4, -0.2) is 10.5 Å². The van der Waals surface area contributed by atoms with E-state index in [-0.39, 0.29) is 11.9 Å². The Labute approximate surface area is 103 Å². The van der Waals surface area contributed by atoms with Crippen LogP contribution in [0.15, 0.2) is 24.3 Å². The maximum atomic E-state index is 13.5. The minimum atomic E-state index is -0.142. The van der Waals surface area contributed by atoms with Crippen LogP contribution < -0.4 is 0 Å². The molecule has 0 aliphatic carbocycles. The average Bonchev–Trinajstić information content (AvgIpc) is 2.30. The molecule has 1 saturated heterocycles. The lowest BCUT2D eigenvalue weighted by Crippen LogP contribution is -2.24. The fourth-order valence-corrected chi connectivity index (χ4v) is 2.63. The van der Waals surface area contributed by atoms with Crippen LogP contribution in [-0.2, 0) is 4.74 Å². The predicted molar refractivity (Wildman–Crippen MR) is 66.8 cm³/mol. The third kappa shape index (κ3) is 2.69. The summed E-state index contributed by atoms with van der Waals surface area (Å²) >= 11 is 2.33. The van der Waals surface area contributed by atoms with Crippen molar-refractivity contribution >= 4 is 22.6 Å². The molecule has 1 heterocycles. The summed E-state index contributed by atoms with van der Waals surface area (Å²) in [5.41, 5.74) is 0.715. The van der Waals surface area contributed by atoms with Crippen molar-refractivity contribution in [2.24, 2.45) is 0 Å². The Balaban J connectivity index is 2.13. The fourth-order valence-electron chi connectivity index (χ4n) is 1.98. The smallest absolute Gasteiger partial charge is 0.129 e. The standard InChI is InChI=1S/C12H14FIO/c13-11-6-2-1-5-10(11)12-7-3-4-9(8-14)15-12/h1-2,5-6,9,12H,3-4,7-8H2. The molecule has 0 bridgehead atoms. The Morgan fingerprint density at radius 1 is 1.33 bits per heavy atom. The van der Waals surface area contributed by atoms with E-state index in [0.717, 1.165) is 23.7 Å². The third-order valence-corrected chi connectivity index (χ3v) is 3.76. The van der Waals surface area contributed by atoms with Crippen LogP contribution in [0.5, 0.6) is 0 Å². The van der Waals surface area contributed by atoms with Gasteiger partial charge in [-0.25, -0.2) is 4.39 Å². The molecule has 2 rings (SSSR count). The average molecular weight is 320 g/mol. The number of rotatable bonds is 2. The highest BCUT2D eigenvalue weighted by Crippen LogP contribution is 2.32. The first kappa shape index (κ1) is 11.3. The van der Waals surface area contributed by atoms with Crippen LogP contribution in [0, 0.1) is 5.82 Å². The summed E-state index contributed by atoms with van der Waals surface area (Å²) in [4.78, 5) is 0. The topological polar surface area (TPSA) is 9.23 Å². The van der Waals surface area contributed by atoms with Crippen molar-refractivity contribution in [1.29, 1.82) is 0 Å². The second-order valence-corrected chi connectivity index (χ2v) is 4.73. The lowest BCUT2D eigenvalue weighted by atomic mass is 9.98. The molecule has 0 spiro atoms. The van der Waals surface area contributed by atoms with Gasteiger partial charge in [0, 0.05) is 9.99 Å². The van der Waals surface area contributed by atoms with Gasteiger partial charge in [0.2, 0.25) is 0 Å². The molecule has 1 fully saturated rings. The molecule has 3 heteroatoms. The summed E-state index contributed by atoms with van der Waals surface area (Å²) < 4.78 is 20.4. The van der Waals surface area contributed by atoms with Crippen molar-refractivity contribution in [2.75, 3.05) is 4.43 Å². The van der Waals surface area contributed by atoms with E-state index in [9.17, 15) is 4.39 Å². The van der Waals surface area contributed by atoms with Crippen LogP contribution >= 0.6 is 22.6 Å². The van der Waals surface area contributed by atoms with Gasteiger partial charge in [-0.15, -0.1) is 0 Å². The van der Waals surface area contributed by atoms with Crippen LogP contribution in [0.25, 0.3) is 0 Å². The lowest BCUT2D eigenvalue weighted by Gasteiger charge is -2.29. The van der Waals surface area contributed by atoms with E-state index in [4.69, 9.17) is 4.74 Å². The predicted octanol–water partition coefficient (Wildman–Crippen LogP) is 3.87. The van der Waals surface area contributed by atoms with Crippen molar-refractivity contribution in [2.45, 2.75) is 31.5 Å². The minimum Gasteiger partial charge on any atom is -0.369 e. The van der Waals surface area contributed by atoms with E-state index in [1.54, 1.807) is 6.07 Å². The first-order valence-corrected chi connectivity index (χ1v) is 6.79. The molecule has 1 aliphatic rings. The van der Waals surface area contributed by atoms with E-state index in [1.807, 2.05) is 12.1 Å². The Bertz CT molecular complexity index is 329. The molecule has 1 nitrogen and oxygen atoms in total. The number of ether oxygens (including phenoxy) is 1. The highest BCUT2D eigenvalue weighted by atomic mass is 127. The minimum absolute atomic E-state index is 0.0419. The molecule has 1 aliphatic heterocycles. The van der Waals surface area contributed by atoms with E-state index >= 15 is 0 Å². The summed E-state index contributed by atoms with van der Waals surface area (Å²) in [5.74, 6) is -0.142. The molecule has 15 heavy (non-hydrogen) atoms. The van der Waals surface area contributed by atoms with Crippen LogP contribution in [0.1, 0.15) is 30.9 Å². The highest BCUT2D eigenvalue weighted by Gasteiger charge is 2.24. The number of benzene rings is 1. The molecule has 0 saturated carbocycles. The molecule has 0 aromatic heterocycles. The quantitative estimate of drug-likeness (QED) is 0.594.